The molecule has 0 aliphatic heterocycles. The van der Waals surface area contributed by atoms with Gasteiger partial charge in [0.05, 0.1) is 16.7 Å². The molecular weight excluding hydrogens is 288 g/mol. The molecule has 0 aliphatic rings. The van der Waals surface area contributed by atoms with Crippen LogP contribution in [0.15, 0.2) is 47.6 Å². The van der Waals surface area contributed by atoms with E-state index in [1.54, 1.807) is 18.2 Å². The summed E-state index contributed by atoms with van der Waals surface area (Å²) in [5, 5.41) is 23.9. The predicted molar refractivity (Wildman–Crippen MR) is 80.7 cm³/mol. The topological polar surface area (TPSA) is 131 Å². The first-order valence-corrected chi connectivity index (χ1v) is 6.14. The highest BCUT2D eigenvalue weighted by Crippen LogP contribution is 2.21. The van der Waals surface area contributed by atoms with Crippen molar-refractivity contribution in [3.63, 3.8) is 0 Å². The van der Waals surface area contributed by atoms with Crippen LogP contribution in [0.4, 0.5) is 11.4 Å². The molecule has 4 N–H and O–H groups in total. The van der Waals surface area contributed by atoms with Gasteiger partial charge in [0.15, 0.2) is 0 Å². The summed E-state index contributed by atoms with van der Waals surface area (Å²) in [6.45, 7) is 0. The third-order valence-electron chi connectivity index (χ3n) is 2.80. The quantitative estimate of drug-likeness (QED) is 0.342. The van der Waals surface area contributed by atoms with Gasteiger partial charge in [-0.1, -0.05) is 12.1 Å². The number of non-ortho nitro benzene ring substituents is 1. The van der Waals surface area contributed by atoms with Crippen LogP contribution in [0.25, 0.3) is 0 Å². The Bertz CT molecular complexity index is 758. The summed E-state index contributed by atoms with van der Waals surface area (Å²) in [4.78, 5) is 21.9. The van der Waals surface area contributed by atoms with Crippen molar-refractivity contribution < 1.29 is 14.8 Å². The number of rotatable bonds is 4. The first-order chi connectivity index (χ1) is 10.5. The Hall–Kier alpha value is -3.42. The molecule has 0 saturated carbocycles. The smallest absolute Gasteiger partial charge is 0.273 e. The standard InChI is InChI=1S/C14H12N4O4/c15-12-4-2-1-3-11(12)14(20)17-16-8-9-7-10(18(21)22)5-6-13(9)19/h1-8,19H,15H2,(H,17,20)/b16-8-. The lowest BCUT2D eigenvalue weighted by Gasteiger charge is -2.03. The zero-order valence-corrected chi connectivity index (χ0v) is 11.3. The average molecular weight is 300 g/mol. The highest BCUT2D eigenvalue weighted by atomic mass is 16.6. The number of carbonyl (C=O) groups is 1. The number of amides is 1. The number of nitrogens with two attached hydrogens (primary N) is 1. The van der Waals surface area contributed by atoms with E-state index < -0.39 is 10.8 Å². The molecule has 0 fully saturated rings. The lowest BCUT2D eigenvalue weighted by Crippen LogP contribution is -2.19. The molecule has 0 aromatic heterocycles. The number of benzene rings is 2. The van der Waals surface area contributed by atoms with Gasteiger partial charge < -0.3 is 10.8 Å². The molecule has 0 radical (unpaired) electrons. The van der Waals surface area contributed by atoms with Crippen molar-refractivity contribution in [1.82, 2.24) is 5.43 Å². The number of nitro benzene ring substituents is 1. The number of hydrogen-bond acceptors (Lipinski definition) is 6. The Balaban J connectivity index is 2.13. The molecule has 2 aromatic rings. The molecule has 1 amide bonds. The van der Waals surface area contributed by atoms with E-state index in [2.05, 4.69) is 10.5 Å². The van der Waals surface area contributed by atoms with Crippen LogP contribution >= 0.6 is 0 Å². The summed E-state index contributed by atoms with van der Waals surface area (Å²) in [7, 11) is 0. The molecule has 0 spiro atoms. The number of aromatic hydroxyl groups is 1. The number of para-hydroxylation sites is 1. The second-order valence-corrected chi connectivity index (χ2v) is 4.29. The van der Waals surface area contributed by atoms with E-state index in [1.165, 1.54) is 12.1 Å². The molecule has 2 aromatic carbocycles. The number of nitrogens with one attached hydrogen (secondary N) is 1. The predicted octanol–water partition coefficient (Wildman–Crippen LogP) is 1.65. The first-order valence-electron chi connectivity index (χ1n) is 6.14. The molecule has 0 saturated heterocycles. The number of hydrogen-bond donors (Lipinski definition) is 3. The van der Waals surface area contributed by atoms with Crippen LogP contribution < -0.4 is 11.2 Å². The van der Waals surface area contributed by atoms with Crippen molar-refractivity contribution in [1.29, 1.82) is 0 Å². The Morgan fingerprint density at radius 2 is 2.05 bits per heavy atom. The molecule has 0 unspecified atom stereocenters. The lowest BCUT2D eigenvalue weighted by atomic mass is 10.2. The van der Waals surface area contributed by atoms with Crippen LogP contribution in [0, 0.1) is 10.1 Å². The maximum Gasteiger partial charge on any atom is 0.273 e. The van der Waals surface area contributed by atoms with Gasteiger partial charge in [-0.15, -0.1) is 0 Å². The van der Waals surface area contributed by atoms with Crippen molar-refractivity contribution in [2.75, 3.05) is 5.73 Å². The van der Waals surface area contributed by atoms with Crippen LogP contribution in [0.3, 0.4) is 0 Å². The molecule has 0 bridgehead atoms. The summed E-state index contributed by atoms with van der Waals surface area (Å²) < 4.78 is 0. The fourth-order valence-electron chi connectivity index (χ4n) is 1.68. The third kappa shape index (κ3) is 3.37. The van der Waals surface area contributed by atoms with Gasteiger partial charge in [0.2, 0.25) is 0 Å². The lowest BCUT2D eigenvalue weighted by molar-refractivity contribution is -0.384. The van der Waals surface area contributed by atoms with Gasteiger partial charge in [-0.25, -0.2) is 5.43 Å². The summed E-state index contributed by atoms with van der Waals surface area (Å²) in [5.41, 5.74) is 8.35. The maximum atomic E-state index is 11.8. The summed E-state index contributed by atoms with van der Waals surface area (Å²) in [6.07, 6.45) is 1.11. The van der Waals surface area contributed by atoms with Crippen molar-refractivity contribution in [2.24, 2.45) is 5.10 Å². The van der Waals surface area contributed by atoms with Gasteiger partial charge in [0, 0.05) is 23.4 Å². The molecule has 8 nitrogen and oxygen atoms in total. The fraction of sp³-hybridized carbons (Fsp3) is 0. The number of nitrogen functional groups attached to an aromatic ring is 1. The zero-order chi connectivity index (χ0) is 16.1. The number of carbonyl (C=O) groups excluding carboxylic acids is 1. The van der Waals surface area contributed by atoms with Crippen molar-refractivity contribution >= 4 is 23.5 Å². The van der Waals surface area contributed by atoms with Crippen LogP contribution in [0.1, 0.15) is 15.9 Å². The van der Waals surface area contributed by atoms with Crippen molar-refractivity contribution in [3.05, 3.63) is 63.7 Å². The minimum atomic E-state index is -0.597. The number of anilines is 1. The minimum absolute atomic E-state index is 0.107. The SMILES string of the molecule is Nc1ccccc1C(=O)N/N=C\c1cc([N+](=O)[O-])ccc1O. The molecule has 0 heterocycles. The van der Waals surface area contributed by atoms with Gasteiger partial charge in [0.25, 0.3) is 11.6 Å². The first kappa shape index (κ1) is 15.0. The highest BCUT2D eigenvalue weighted by Gasteiger charge is 2.10. The van der Waals surface area contributed by atoms with Crippen molar-refractivity contribution in [3.8, 4) is 5.75 Å². The van der Waals surface area contributed by atoms with Crippen LogP contribution in [0.5, 0.6) is 5.75 Å². The van der Waals surface area contributed by atoms with Crippen LogP contribution in [-0.2, 0) is 0 Å². The normalized spacial score (nSPS) is 10.5. The number of nitrogens with zero attached hydrogens (tertiary/aromatic N) is 2. The number of phenols is 1. The van der Waals surface area contributed by atoms with Gasteiger partial charge in [-0.2, -0.15) is 5.10 Å². The molecular formula is C14H12N4O4. The monoisotopic (exact) mass is 300 g/mol. The molecule has 0 aliphatic carbocycles. The average Bonchev–Trinajstić information content (AvgIpc) is 2.49. The summed E-state index contributed by atoms with van der Waals surface area (Å²) in [5.74, 6) is -0.720. The Morgan fingerprint density at radius 1 is 1.32 bits per heavy atom. The summed E-state index contributed by atoms with van der Waals surface area (Å²) in [6, 6.07) is 9.93. The van der Waals surface area contributed by atoms with Gasteiger partial charge in [-0.3, -0.25) is 14.9 Å². The fourth-order valence-corrected chi connectivity index (χ4v) is 1.68. The van der Waals surface area contributed by atoms with Crippen molar-refractivity contribution in [2.45, 2.75) is 0 Å². The second-order valence-electron chi connectivity index (χ2n) is 4.29. The zero-order valence-electron chi connectivity index (χ0n) is 11.3. The second kappa shape index (κ2) is 6.35. The van der Waals surface area contributed by atoms with E-state index in [1.807, 2.05) is 0 Å². The minimum Gasteiger partial charge on any atom is -0.507 e. The summed E-state index contributed by atoms with van der Waals surface area (Å²) >= 11 is 0. The molecule has 22 heavy (non-hydrogen) atoms. The van der Waals surface area contributed by atoms with E-state index in [0.29, 0.717) is 5.69 Å². The largest absolute Gasteiger partial charge is 0.507 e. The van der Waals surface area contributed by atoms with Gasteiger partial charge in [-0.05, 0) is 18.2 Å². The number of nitro groups is 1. The number of hydrazone groups is 1. The van der Waals surface area contributed by atoms with Crippen LogP contribution in [-0.4, -0.2) is 22.2 Å². The van der Waals surface area contributed by atoms with E-state index in [4.69, 9.17) is 5.73 Å². The molecule has 2 rings (SSSR count). The third-order valence-corrected chi connectivity index (χ3v) is 2.80. The van der Waals surface area contributed by atoms with Crippen LogP contribution in [0.2, 0.25) is 0 Å². The molecule has 112 valence electrons. The highest BCUT2D eigenvalue weighted by molar-refractivity contribution is 5.99. The van der Waals surface area contributed by atoms with Gasteiger partial charge >= 0.3 is 0 Å². The number of phenolic OH excluding ortho intramolecular Hbond substituents is 1. The Morgan fingerprint density at radius 3 is 2.73 bits per heavy atom. The molecule has 8 heteroatoms. The Kier molecular flexibility index (Phi) is 4.33. The van der Waals surface area contributed by atoms with E-state index in [9.17, 15) is 20.0 Å². The molecule has 0 atom stereocenters. The van der Waals surface area contributed by atoms with Gasteiger partial charge in [0.1, 0.15) is 5.75 Å². The van der Waals surface area contributed by atoms with E-state index >= 15 is 0 Å². The van der Waals surface area contributed by atoms with E-state index in [0.717, 1.165) is 18.3 Å². The van der Waals surface area contributed by atoms with E-state index in [-0.39, 0.29) is 22.6 Å². The Labute approximate surface area is 125 Å². The maximum absolute atomic E-state index is 11.8.